The number of benzene rings is 2. The molecule has 2 rings (SSSR count). The van der Waals surface area contributed by atoms with Crippen LogP contribution in [0, 0.1) is 13.8 Å². The largest absolute Gasteiger partial charge is 0.491 e. The van der Waals surface area contributed by atoms with Crippen LogP contribution in [0.15, 0.2) is 42.5 Å². The number of rotatable bonds is 8. The molecule has 7 nitrogen and oxygen atoms in total. The maximum absolute atomic E-state index is 12.1. The van der Waals surface area contributed by atoms with Gasteiger partial charge in [-0.3, -0.25) is 20.4 Å². The molecular formula is C20H24N2O5. The standard InChI is InChI=1S/C20H24N2O5/c1-14-5-4-6-18(15(14)2)27-13-19(23)21-22-20(24)16-7-9-17(10-8-16)26-12-11-25-3/h4-10H,11-13H2,1-3H3,(H,21,23)(H,22,24). The van der Waals surface area contributed by atoms with Crippen LogP contribution < -0.4 is 20.3 Å². The first kappa shape index (κ1) is 20.3. The molecule has 0 aromatic heterocycles. The predicted octanol–water partition coefficient (Wildman–Crippen LogP) is 2.17. The molecule has 0 aliphatic rings. The zero-order valence-corrected chi connectivity index (χ0v) is 15.7. The van der Waals surface area contributed by atoms with Crippen molar-refractivity contribution >= 4 is 11.8 Å². The van der Waals surface area contributed by atoms with Gasteiger partial charge in [0.1, 0.15) is 18.1 Å². The molecule has 0 aliphatic carbocycles. The number of nitrogens with one attached hydrogen (secondary N) is 2. The molecule has 0 heterocycles. The molecule has 2 aromatic rings. The van der Waals surface area contributed by atoms with Crippen molar-refractivity contribution in [2.24, 2.45) is 0 Å². The Balaban J connectivity index is 1.77. The van der Waals surface area contributed by atoms with Gasteiger partial charge in [0.2, 0.25) is 0 Å². The number of hydrazine groups is 1. The zero-order chi connectivity index (χ0) is 19.6. The molecule has 0 saturated carbocycles. The lowest BCUT2D eigenvalue weighted by Gasteiger charge is -2.12. The molecule has 2 N–H and O–H groups in total. The highest BCUT2D eigenvalue weighted by Gasteiger charge is 2.09. The second-order valence-electron chi connectivity index (χ2n) is 5.85. The maximum atomic E-state index is 12.1. The fourth-order valence-electron chi connectivity index (χ4n) is 2.20. The highest BCUT2D eigenvalue weighted by molar-refractivity contribution is 5.95. The van der Waals surface area contributed by atoms with Gasteiger partial charge in [0.05, 0.1) is 6.61 Å². The Hall–Kier alpha value is -3.06. The molecule has 0 bridgehead atoms. The Morgan fingerprint density at radius 2 is 1.67 bits per heavy atom. The summed E-state index contributed by atoms with van der Waals surface area (Å²) in [7, 11) is 1.60. The van der Waals surface area contributed by atoms with E-state index in [4.69, 9.17) is 14.2 Å². The number of hydrogen-bond acceptors (Lipinski definition) is 5. The number of aryl methyl sites for hydroxylation is 1. The first-order valence-corrected chi connectivity index (χ1v) is 8.51. The van der Waals surface area contributed by atoms with Crippen LogP contribution >= 0.6 is 0 Å². The first-order valence-electron chi connectivity index (χ1n) is 8.51. The van der Waals surface area contributed by atoms with Crippen molar-refractivity contribution in [3.05, 3.63) is 59.2 Å². The Morgan fingerprint density at radius 3 is 2.37 bits per heavy atom. The number of carbonyl (C=O) groups is 2. The molecule has 0 saturated heterocycles. The number of ether oxygens (including phenoxy) is 3. The van der Waals surface area contributed by atoms with Crippen molar-refractivity contribution < 1.29 is 23.8 Å². The van der Waals surface area contributed by atoms with Crippen molar-refractivity contribution in [1.29, 1.82) is 0 Å². The van der Waals surface area contributed by atoms with Crippen molar-refractivity contribution in [3.8, 4) is 11.5 Å². The van der Waals surface area contributed by atoms with Gasteiger partial charge in [0.15, 0.2) is 6.61 Å². The van der Waals surface area contributed by atoms with E-state index in [1.807, 2.05) is 26.0 Å². The average Bonchev–Trinajstić information content (AvgIpc) is 2.68. The summed E-state index contributed by atoms with van der Waals surface area (Å²) in [5.41, 5.74) is 7.13. The summed E-state index contributed by atoms with van der Waals surface area (Å²) in [6.07, 6.45) is 0. The SMILES string of the molecule is COCCOc1ccc(C(=O)NNC(=O)COc2cccc(C)c2C)cc1. The molecule has 2 amide bonds. The minimum absolute atomic E-state index is 0.198. The van der Waals surface area contributed by atoms with Gasteiger partial charge >= 0.3 is 0 Å². The molecule has 27 heavy (non-hydrogen) atoms. The Morgan fingerprint density at radius 1 is 0.926 bits per heavy atom. The van der Waals surface area contributed by atoms with E-state index in [0.29, 0.717) is 30.3 Å². The fourth-order valence-corrected chi connectivity index (χ4v) is 2.20. The van der Waals surface area contributed by atoms with Crippen molar-refractivity contribution in [1.82, 2.24) is 10.9 Å². The molecule has 0 atom stereocenters. The minimum atomic E-state index is -0.455. The van der Waals surface area contributed by atoms with Crippen LogP contribution in [0.25, 0.3) is 0 Å². The molecule has 144 valence electrons. The molecule has 0 spiro atoms. The Kier molecular flexibility index (Phi) is 7.63. The van der Waals surface area contributed by atoms with Gasteiger partial charge in [-0.15, -0.1) is 0 Å². The monoisotopic (exact) mass is 372 g/mol. The Bertz CT molecular complexity index is 774. The summed E-state index contributed by atoms with van der Waals surface area (Å²) in [5.74, 6) is 0.386. The van der Waals surface area contributed by atoms with Gasteiger partial charge < -0.3 is 14.2 Å². The van der Waals surface area contributed by atoms with Gasteiger partial charge in [-0.25, -0.2) is 0 Å². The summed E-state index contributed by atoms with van der Waals surface area (Å²) in [6.45, 7) is 4.61. The lowest BCUT2D eigenvalue weighted by atomic mass is 10.1. The van der Waals surface area contributed by atoms with Crippen molar-refractivity contribution in [2.75, 3.05) is 26.9 Å². The summed E-state index contributed by atoms with van der Waals surface area (Å²) >= 11 is 0. The molecule has 0 radical (unpaired) electrons. The highest BCUT2D eigenvalue weighted by Crippen LogP contribution is 2.20. The predicted molar refractivity (Wildman–Crippen MR) is 101 cm³/mol. The smallest absolute Gasteiger partial charge is 0.276 e. The first-order chi connectivity index (χ1) is 13.0. The van der Waals surface area contributed by atoms with Gasteiger partial charge in [-0.2, -0.15) is 0 Å². The number of amides is 2. The normalized spacial score (nSPS) is 10.2. The third-order valence-corrected chi connectivity index (χ3v) is 3.90. The van der Waals surface area contributed by atoms with E-state index in [0.717, 1.165) is 11.1 Å². The van der Waals surface area contributed by atoms with Gasteiger partial charge in [-0.05, 0) is 55.3 Å². The van der Waals surface area contributed by atoms with E-state index < -0.39 is 11.8 Å². The number of methoxy groups -OCH3 is 1. The molecule has 0 unspecified atom stereocenters. The van der Waals surface area contributed by atoms with Crippen LogP contribution in [0.3, 0.4) is 0 Å². The number of carbonyl (C=O) groups excluding carboxylic acids is 2. The third-order valence-electron chi connectivity index (χ3n) is 3.90. The third kappa shape index (κ3) is 6.31. The topological polar surface area (TPSA) is 85.9 Å². The zero-order valence-electron chi connectivity index (χ0n) is 15.7. The average molecular weight is 372 g/mol. The summed E-state index contributed by atoms with van der Waals surface area (Å²) in [4.78, 5) is 23.9. The van der Waals surface area contributed by atoms with E-state index >= 15 is 0 Å². The molecular weight excluding hydrogens is 348 g/mol. The summed E-state index contributed by atoms with van der Waals surface area (Å²) in [6, 6.07) is 12.2. The van der Waals surface area contributed by atoms with E-state index in [1.54, 1.807) is 37.4 Å². The van der Waals surface area contributed by atoms with Crippen LogP contribution in [-0.2, 0) is 9.53 Å². The molecule has 0 aliphatic heterocycles. The second-order valence-corrected chi connectivity index (χ2v) is 5.85. The van der Waals surface area contributed by atoms with Crippen LogP contribution in [0.4, 0.5) is 0 Å². The fraction of sp³-hybridized carbons (Fsp3) is 0.300. The molecule has 7 heteroatoms. The van der Waals surface area contributed by atoms with Crippen LogP contribution in [0.5, 0.6) is 11.5 Å². The van der Waals surface area contributed by atoms with E-state index in [2.05, 4.69) is 10.9 Å². The minimum Gasteiger partial charge on any atom is -0.491 e. The Labute approximate surface area is 158 Å². The number of hydrogen-bond donors (Lipinski definition) is 2. The van der Waals surface area contributed by atoms with Gasteiger partial charge in [0, 0.05) is 12.7 Å². The van der Waals surface area contributed by atoms with Crippen molar-refractivity contribution in [3.63, 3.8) is 0 Å². The van der Waals surface area contributed by atoms with Crippen LogP contribution in [0.2, 0.25) is 0 Å². The van der Waals surface area contributed by atoms with E-state index in [9.17, 15) is 9.59 Å². The highest BCUT2D eigenvalue weighted by atomic mass is 16.5. The summed E-state index contributed by atoms with van der Waals surface area (Å²) in [5, 5.41) is 0. The van der Waals surface area contributed by atoms with Gasteiger partial charge in [-0.1, -0.05) is 12.1 Å². The molecule has 0 fully saturated rings. The van der Waals surface area contributed by atoms with Crippen LogP contribution in [0.1, 0.15) is 21.5 Å². The van der Waals surface area contributed by atoms with Crippen LogP contribution in [-0.4, -0.2) is 38.7 Å². The lowest BCUT2D eigenvalue weighted by Crippen LogP contribution is -2.43. The van der Waals surface area contributed by atoms with Gasteiger partial charge in [0.25, 0.3) is 11.8 Å². The van der Waals surface area contributed by atoms with E-state index in [-0.39, 0.29) is 6.61 Å². The summed E-state index contributed by atoms with van der Waals surface area (Å²) < 4.78 is 15.8. The van der Waals surface area contributed by atoms with E-state index in [1.165, 1.54) is 0 Å². The van der Waals surface area contributed by atoms with Crippen molar-refractivity contribution in [2.45, 2.75) is 13.8 Å². The molecule has 2 aromatic carbocycles. The quantitative estimate of drug-likeness (QED) is 0.548. The lowest BCUT2D eigenvalue weighted by molar-refractivity contribution is -0.123. The second kappa shape index (κ2) is 10.2. The maximum Gasteiger partial charge on any atom is 0.276 e.